The number of fused-ring (bicyclic) bond motifs is 1. The van der Waals surface area contributed by atoms with E-state index in [2.05, 4.69) is 0 Å². The molecule has 2 N–H and O–H groups in total. The molecule has 8 atom stereocenters. The number of benzene rings is 2. The highest BCUT2D eigenvalue weighted by molar-refractivity contribution is 6.25. The predicted molar refractivity (Wildman–Crippen MR) is 118 cm³/mol. The summed E-state index contributed by atoms with van der Waals surface area (Å²) in [5.74, 6) is -4.01. The zero-order valence-corrected chi connectivity index (χ0v) is 17.8. The summed E-state index contributed by atoms with van der Waals surface area (Å²) in [6, 6.07) is 11.9. The van der Waals surface area contributed by atoms with Gasteiger partial charge in [-0.05, 0) is 72.2 Å². The van der Waals surface area contributed by atoms with Crippen molar-refractivity contribution in [2.24, 2.45) is 47.3 Å². The summed E-state index contributed by atoms with van der Waals surface area (Å²) in [5.41, 5.74) is 0.838. The molecule has 2 saturated carbocycles. The second-order valence-corrected chi connectivity index (χ2v) is 9.85. The number of phenolic OH excluding ortho intramolecular Hbond substituents is 2. The number of amides is 4. The van der Waals surface area contributed by atoms with Crippen molar-refractivity contribution >= 4 is 35.0 Å². The maximum atomic E-state index is 13.5. The molecule has 4 aliphatic carbocycles. The number of hydrogen-bond donors (Lipinski definition) is 2. The SMILES string of the molecule is O=C1[C@@H]2[C@H]3C=C[C@@H]([C@@H]2C(=O)N1c1ccc(O)cc1)[C@@H]1[C@@H]2C(=O)N(c4ccc(O)cc4)C(=O)[C@H]2[C@H]31. The Labute approximate surface area is 194 Å². The van der Waals surface area contributed by atoms with Gasteiger partial charge in [0.05, 0.1) is 35.0 Å². The molecule has 6 aliphatic rings. The van der Waals surface area contributed by atoms with Crippen LogP contribution in [0.25, 0.3) is 0 Å². The van der Waals surface area contributed by atoms with Gasteiger partial charge in [0.1, 0.15) is 11.5 Å². The van der Waals surface area contributed by atoms with Crippen LogP contribution in [0.5, 0.6) is 11.5 Å². The van der Waals surface area contributed by atoms with Gasteiger partial charge in [0.2, 0.25) is 23.6 Å². The van der Waals surface area contributed by atoms with E-state index in [4.69, 9.17) is 0 Å². The van der Waals surface area contributed by atoms with E-state index in [9.17, 15) is 29.4 Å². The van der Waals surface area contributed by atoms with Crippen molar-refractivity contribution in [2.75, 3.05) is 9.80 Å². The highest BCUT2D eigenvalue weighted by Crippen LogP contribution is 2.68. The fraction of sp³-hybridized carbons (Fsp3) is 0.308. The maximum Gasteiger partial charge on any atom is 0.238 e. The van der Waals surface area contributed by atoms with Crippen molar-refractivity contribution in [3.63, 3.8) is 0 Å². The summed E-state index contributed by atoms with van der Waals surface area (Å²) in [6.07, 6.45) is 3.94. The van der Waals surface area contributed by atoms with Crippen LogP contribution in [0.15, 0.2) is 60.7 Å². The number of carbonyl (C=O) groups excluding carboxylic acids is 4. The average Bonchev–Trinajstić information content (AvgIpc) is 3.19. The topological polar surface area (TPSA) is 115 Å². The van der Waals surface area contributed by atoms with Crippen LogP contribution in [0.4, 0.5) is 11.4 Å². The fourth-order valence-electron chi connectivity index (χ4n) is 7.31. The first-order chi connectivity index (χ1) is 16.4. The molecule has 8 nitrogen and oxygen atoms in total. The normalized spacial score (nSPS) is 37.1. The number of aromatic hydroxyl groups is 2. The number of rotatable bonds is 2. The Balaban J connectivity index is 1.25. The minimum absolute atomic E-state index is 0.0445. The van der Waals surface area contributed by atoms with Gasteiger partial charge in [0.15, 0.2) is 0 Å². The summed E-state index contributed by atoms with van der Waals surface area (Å²) in [6.45, 7) is 0. The third-order valence-electron chi connectivity index (χ3n) is 8.56. The van der Waals surface area contributed by atoms with Gasteiger partial charge >= 0.3 is 0 Å². The Kier molecular flexibility index (Phi) is 3.64. The van der Waals surface area contributed by atoms with Gasteiger partial charge in [0.25, 0.3) is 0 Å². The quantitative estimate of drug-likeness (QED) is 0.528. The van der Waals surface area contributed by atoms with Gasteiger partial charge in [-0.15, -0.1) is 0 Å². The molecule has 8 rings (SSSR count). The number of phenols is 2. The number of carbonyl (C=O) groups is 4. The Bertz CT molecular complexity index is 1260. The molecular weight excluding hydrogens is 436 g/mol. The van der Waals surface area contributed by atoms with E-state index < -0.39 is 23.7 Å². The van der Waals surface area contributed by atoms with Crippen LogP contribution < -0.4 is 9.80 Å². The molecule has 2 bridgehead atoms. The summed E-state index contributed by atoms with van der Waals surface area (Å²) in [5, 5.41) is 19.2. The molecule has 0 spiro atoms. The molecule has 0 aromatic heterocycles. The van der Waals surface area contributed by atoms with Crippen molar-refractivity contribution in [2.45, 2.75) is 0 Å². The first-order valence-corrected chi connectivity index (χ1v) is 11.4. The number of anilines is 2. The number of allylic oxidation sites excluding steroid dienone is 2. The standard InChI is InChI=1S/C26H20N2O6/c29-13-5-1-11(2-6-13)27-23(31)19-15-9-10-16(20(19)24(27)32)18-17(15)21-22(18)26(34)28(25(21)33)12-3-7-14(30)8-4-12/h1-10,15-22,29-30H/t15-,16+,17+,18-,19+,20-,21-,22-/m0/s1. The number of nitrogens with zero attached hydrogens (tertiary/aromatic N) is 2. The molecule has 2 aliphatic heterocycles. The Morgan fingerprint density at radius 2 is 0.824 bits per heavy atom. The van der Waals surface area contributed by atoms with Crippen molar-refractivity contribution in [1.29, 1.82) is 0 Å². The minimum atomic E-state index is -0.552. The molecule has 4 amide bonds. The molecule has 4 fully saturated rings. The van der Waals surface area contributed by atoms with Crippen LogP contribution in [-0.4, -0.2) is 33.8 Å². The minimum Gasteiger partial charge on any atom is -0.508 e. The van der Waals surface area contributed by atoms with E-state index in [0.29, 0.717) is 11.4 Å². The van der Waals surface area contributed by atoms with Crippen LogP contribution in [0.2, 0.25) is 0 Å². The third kappa shape index (κ3) is 2.18. The predicted octanol–water partition coefficient (Wildman–Crippen LogP) is 2.07. The first kappa shape index (κ1) is 19.5. The molecule has 8 heteroatoms. The van der Waals surface area contributed by atoms with Gasteiger partial charge in [0, 0.05) is 0 Å². The van der Waals surface area contributed by atoms with Crippen molar-refractivity contribution in [1.82, 2.24) is 0 Å². The van der Waals surface area contributed by atoms with Gasteiger partial charge < -0.3 is 10.2 Å². The monoisotopic (exact) mass is 456 g/mol. The lowest BCUT2D eigenvalue weighted by atomic mass is 9.40. The Morgan fingerprint density at radius 3 is 1.18 bits per heavy atom. The zero-order valence-electron chi connectivity index (χ0n) is 17.8. The fourth-order valence-corrected chi connectivity index (χ4v) is 7.31. The smallest absolute Gasteiger partial charge is 0.238 e. The zero-order chi connectivity index (χ0) is 23.5. The van der Waals surface area contributed by atoms with Gasteiger partial charge in [-0.3, -0.25) is 29.0 Å². The highest BCUT2D eigenvalue weighted by Gasteiger charge is 2.75. The van der Waals surface area contributed by atoms with Crippen LogP contribution in [-0.2, 0) is 19.2 Å². The third-order valence-corrected chi connectivity index (χ3v) is 8.56. The van der Waals surface area contributed by atoms with Crippen molar-refractivity contribution in [3.8, 4) is 11.5 Å². The van der Waals surface area contributed by atoms with E-state index in [1.807, 2.05) is 12.2 Å². The lowest BCUT2D eigenvalue weighted by Crippen LogP contribution is -2.63. The largest absolute Gasteiger partial charge is 0.508 e. The second-order valence-electron chi connectivity index (χ2n) is 9.85. The van der Waals surface area contributed by atoms with Crippen LogP contribution in [0, 0.1) is 47.3 Å². The maximum absolute atomic E-state index is 13.5. The Morgan fingerprint density at radius 1 is 0.500 bits per heavy atom. The lowest BCUT2D eigenvalue weighted by molar-refractivity contribution is -0.166. The molecule has 170 valence electrons. The molecule has 2 saturated heterocycles. The van der Waals surface area contributed by atoms with Crippen LogP contribution >= 0.6 is 0 Å². The number of hydrogen-bond acceptors (Lipinski definition) is 6. The van der Waals surface area contributed by atoms with Crippen molar-refractivity contribution in [3.05, 3.63) is 60.7 Å². The van der Waals surface area contributed by atoms with Gasteiger partial charge in [-0.2, -0.15) is 0 Å². The van der Waals surface area contributed by atoms with Gasteiger partial charge in [-0.25, -0.2) is 0 Å². The van der Waals surface area contributed by atoms with E-state index in [1.54, 1.807) is 24.3 Å². The lowest BCUT2D eigenvalue weighted by Gasteiger charge is -2.60. The van der Waals surface area contributed by atoms with Gasteiger partial charge in [-0.1, -0.05) is 12.2 Å². The van der Waals surface area contributed by atoms with E-state index in [0.717, 1.165) is 0 Å². The average molecular weight is 456 g/mol. The summed E-state index contributed by atoms with van der Waals surface area (Å²) in [7, 11) is 0. The number of imide groups is 2. The van der Waals surface area contributed by atoms with Crippen LogP contribution in [0.3, 0.4) is 0 Å². The molecule has 2 aromatic rings. The molecular formula is C26H20N2O6. The summed E-state index contributed by atoms with van der Waals surface area (Å²) < 4.78 is 0. The van der Waals surface area contributed by atoms with Crippen LogP contribution in [0.1, 0.15) is 0 Å². The Hall–Kier alpha value is -3.94. The summed E-state index contributed by atoms with van der Waals surface area (Å²) in [4.78, 5) is 56.1. The summed E-state index contributed by atoms with van der Waals surface area (Å²) >= 11 is 0. The highest BCUT2D eigenvalue weighted by atomic mass is 16.3. The molecule has 2 heterocycles. The molecule has 0 unspecified atom stereocenters. The van der Waals surface area contributed by atoms with E-state index in [-0.39, 0.29) is 58.8 Å². The second kappa shape index (κ2) is 6.34. The molecule has 34 heavy (non-hydrogen) atoms. The van der Waals surface area contributed by atoms with E-state index in [1.165, 1.54) is 34.1 Å². The first-order valence-electron chi connectivity index (χ1n) is 11.4. The molecule has 0 radical (unpaired) electrons. The molecule has 2 aromatic carbocycles. The van der Waals surface area contributed by atoms with E-state index >= 15 is 0 Å². The van der Waals surface area contributed by atoms with Crippen molar-refractivity contribution < 1.29 is 29.4 Å².